The molecule has 0 radical (unpaired) electrons. The predicted octanol–water partition coefficient (Wildman–Crippen LogP) is 2.22. The van der Waals surface area contributed by atoms with Crippen molar-refractivity contribution in [3.05, 3.63) is 38.3 Å². The SMILES string of the molecule is NCCCOCc1ccc([N+](=O)[O-])cc1Br. The van der Waals surface area contributed by atoms with Gasteiger partial charge in [0.1, 0.15) is 0 Å². The lowest BCUT2D eigenvalue weighted by Gasteiger charge is -2.05. The highest BCUT2D eigenvalue weighted by Gasteiger charge is 2.08. The molecule has 0 atom stereocenters. The lowest BCUT2D eigenvalue weighted by atomic mass is 10.2. The standard InChI is InChI=1S/C10H13BrN2O3/c11-10-6-9(13(14)15)3-2-8(10)7-16-5-1-4-12/h2-3,6H,1,4-5,7,12H2. The fraction of sp³-hybridized carbons (Fsp3) is 0.400. The van der Waals surface area contributed by atoms with E-state index < -0.39 is 4.92 Å². The van der Waals surface area contributed by atoms with Gasteiger partial charge in [-0.05, 0) is 24.6 Å². The number of nitro groups is 1. The van der Waals surface area contributed by atoms with Gasteiger partial charge in [0.25, 0.3) is 5.69 Å². The van der Waals surface area contributed by atoms with Crippen LogP contribution >= 0.6 is 15.9 Å². The molecule has 6 heteroatoms. The van der Waals surface area contributed by atoms with Crippen molar-refractivity contribution < 1.29 is 9.66 Å². The quantitative estimate of drug-likeness (QED) is 0.495. The van der Waals surface area contributed by atoms with Gasteiger partial charge in [0.15, 0.2) is 0 Å². The van der Waals surface area contributed by atoms with Crippen molar-refractivity contribution in [2.24, 2.45) is 5.73 Å². The first-order chi connectivity index (χ1) is 7.65. The van der Waals surface area contributed by atoms with E-state index >= 15 is 0 Å². The van der Waals surface area contributed by atoms with Gasteiger partial charge in [-0.1, -0.05) is 15.9 Å². The highest BCUT2D eigenvalue weighted by Crippen LogP contribution is 2.23. The Labute approximate surface area is 102 Å². The molecular weight excluding hydrogens is 276 g/mol. The minimum atomic E-state index is -0.427. The summed E-state index contributed by atoms with van der Waals surface area (Å²) in [6.45, 7) is 1.62. The summed E-state index contributed by atoms with van der Waals surface area (Å²) in [6.07, 6.45) is 0.810. The second kappa shape index (κ2) is 6.57. The van der Waals surface area contributed by atoms with Gasteiger partial charge >= 0.3 is 0 Å². The van der Waals surface area contributed by atoms with Crippen molar-refractivity contribution in [2.45, 2.75) is 13.0 Å². The number of hydrogen-bond acceptors (Lipinski definition) is 4. The van der Waals surface area contributed by atoms with E-state index in [9.17, 15) is 10.1 Å². The van der Waals surface area contributed by atoms with Crippen LogP contribution in [-0.2, 0) is 11.3 Å². The van der Waals surface area contributed by atoms with Gasteiger partial charge in [-0.25, -0.2) is 0 Å². The molecule has 1 aromatic carbocycles. The lowest BCUT2D eigenvalue weighted by Crippen LogP contribution is -2.04. The Morgan fingerprint density at radius 2 is 2.25 bits per heavy atom. The van der Waals surface area contributed by atoms with E-state index in [2.05, 4.69) is 15.9 Å². The van der Waals surface area contributed by atoms with Crippen molar-refractivity contribution >= 4 is 21.6 Å². The van der Waals surface area contributed by atoms with E-state index in [4.69, 9.17) is 10.5 Å². The molecule has 0 heterocycles. The third-order valence-electron chi connectivity index (χ3n) is 2.00. The molecule has 0 spiro atoms. The van der Waals surface area contributed by atoms with Gasteiger partial charge in [0.2, 0.25) is 0 Å². The molecule has 2 N–H and O–H groups in total. The minimum Gasteiger partial charge on any atom is -0.377 e. The Bertz CT molecular complexity index is 371. The molecule has 16 heavy (non-hydrogen) atoms. The second-order valence-electron chi connectivity index (χ2n) is 3.23. The first-order valence-electron chi connectivity index (χ1n) is 4.85. The van der Waals surface area contributed by atoms with Crippen LogP contribution < -0.4 is 5.73 Å². The van der Waals surface area contributed by atoms with Gasteiger partial charge in [-0.3, -0.25) is 10.1 Å². The largest absolute Gasteiger partial charge is 0.377 e. The fourth-order valence-electron chi connectivity index (χ4n) is 1.13. The van der Waals surface area contributed by atoms with Crippen LogP contribution in [0.2, 0.25) is 0 Å². The lowest BCUT2D eigenvalue weighted by molar-refractivity contribution is -0.384. The Morgan fingerprint density at radius 3 is 2.81 bits per heavy atom. The average molecular weight is 289 g/mol. The van der Waals surface area contributed by atoms with Crippen molar-refractivity contribution in [3.63, 3.8) is 0 Å². The molecule has 0 aliphatic heterocycles. The molecule has 0 aliphatic carbocycles. The molecule has 0 saturated heterocycles. The van der Waals surface area contributed by atoms with Gasteiger partial charge in [0, 0.05) is 23.2 Å². The topological polar surface area (TPSA) is 78.4 Å². The van der Waals surface area contributed by atoms with Crippen molar-refractivity contribution in [1.29, 1.82) is 0 Å². The summed E-state index contributed by atoms with van der Waals surface area (Å²) in [5.74, 6) is 0. The summed E-state index contributed by atoms with van der Waals surface area (Å²) >= 11 is 3.28. The van der Waals surface area contributed by atoms with Crippen LogP contribution in [0.5, 0.6) is 0 Å². The summed E-state index contributed by atoms with van der Waals surface area (Å²) in [6, 6.07) is 4.62. The molecule has 1 rings (SSSR count). The molecule has 0 amide bonds. The molecule has 0 bridgehead atoms. The van der Waals surface area contributed by atoms with Gasteiger partial charge in [0.05, 0.1) is 11.5 Å². The van der Waals surface area contributed by atoms with Gasteiger partial charge in [-0.15, -0.1) is 0 Å². The zero-order chi connectivity index (χ0) is 12.0. The van der Waals surface area contributed by atoms with Crippen LogP contribution in [0, 0.1) is 10.1 Å². The molecule has 88 valence electrons. The Morgan fingerprint density at radius 1 is 1.50 bits per heavy atom. The zero-order valence-electron chi connectivity index (χ0n) is 8.69. The van der Waals surface area contributed by atoms with Crippen molar-refractivity contribution in [3.8, 4) is 0 Å². The van der Waals surface area contributed by atoms with E-state index in [1.807, 2.05) is 0 Å². The second-order valence-corrected chi connectivity index (χ2v) is 4.08. The summed E-state index contributed by atoms with van der Waals surface area (Å²) in [5.41, 5.74) is 6.29. The van der Waals surface area contributed by atoms with E-state index in [0.717, 1.165) is 12.0 Å². The van der Waals surface area contributed by atoms with Crippen LogP contribution in [-0.4, -0.2) is 18.1 Å². The Kier molecular flexibility index (Phi) is 5.37. The number of halogens is 1. The number of rotatable bonds is 6. The number of nitro benzene ring substituents is 1. The van der Waals surface area contributed by atoms with Crippen LogP contribution in [0.1, 0.15) is 12.0 Å². The molecule has 5 nitrogen and oxygen atoms in total. The number of hydrogen-bond donors (Lipinski definition) is 1. The molecule has 1 aromatic rings. The summed E-state index contributed by atoms with van der Waals surface area (Å²) < 4.78 is 6.05. The van der Waals surface area contributed by atoms with Gasteiger partial charge in [-0.2, -0.15) is 0 Å². The summed E-state index contributed by atoms with van der Waals surface area (Å²) in [5, 5.41) is 10.5. The molecule has 0 saturated carbocycles. The summed E-state index contributed by atoms with van der Waals surface area (Å²) in [4.78, 5) is 10.1. The normalized spacial score (nSPS) is 10.4. The first kappa shape index (κ1) is 13.1. The van der Waals surface area contributed by atoms with E-state index in [-0.39, 0.29) is 5.69 Å². The molecular formula is C10H13BrN2O3. The molecule has 0 unspecified atom stereocenters. The Balaban J connectivity index is 2.57. The van der Waals surface area contributed by atoms with Crippen molar-refractivity contribution in [2.75, 3.05) is 13.2 Å². The highest BCUT2D eigenvalue weighted by atomic mass is 79.9. The monoisotopic (exact) mass is 288 g/mol. The third kappa shape index (κ3) is 3.88. The fourth-order valence-corrected chi connectivity index (χ4v) is 1.62. The number of nitrogens with two attached hydrogens (primary N) is 1. The maximum absolute atomic E-state index is 10.5. The molecule has 0 aliphatic rings. The third-order valence-corrected chi connectivity index (χ3v) is 2.74. The van der Waals surface area contributed by atoms with Crippen LogP contribution in [0.25, 0.3) is 0 Å². The average Bonchev–Trinajstić information content (AvgIpc) is 2.26. The van der Waals surface area contributed by atoms with E-state index in [1.165, 1.54) is 12.1 Å². The Hall–Kier alpha value is -0.980. The van der Waals surface area contributed by atoms with E-state index in [1.54, 1.807) is 6.07 Å². The summed E-state index contributed by atoms with van der Waals surface area (Å²) in [7, 11) is 0. The first-order valence-corrected chi connectivity index (χ1v) is 5.65. The van der Waals surface area contributed by atoms with Crippen LogP contribution in [0.15, 0.2) is 22.7 Å². The molecule has 0 fully saturated rings. The zero-order valence-corrected chi connectivity index (χ0v) is 10.3. The van der Waals surface area contributed by atoms with Crippen LogP contribution in [0.4, 0.5) is 5.69 Å². The predicted molar refractivity (Wildman–Crippen MR) is 64.1 cm³/mol. The van der Waals surface area contributed by atoms with Gasteiger partial charge < -0.3 is 10.5 Å². The smallest absolute Gasteiger partial charge is 0.270 e. The van der Waals surface area contributed by atoms with Crippen LogP contribution in [0.3, 0.4) is 0 Å². The molecule has 0 aromatic heterocycles. The maximum atomic E-state index is 10.5. The number of non-ortho nitro benzene ring substituents is 1. The van der Waals surface area contributed by atoms with Crippen molar-refractivity contribution in [1.82, 2.24) is 0 Å². The maximum Gasteiger partial charge on any atom is 0.270 e. The minimum absolute atomic E-state index is 0.0672. The highest BCUT2D eigenvalue weighted by molar-refractivity contribution is 9.10. The number of nitrogens with zero attached hydrogens (tertiary/aromatic N) is 1. The van der Waals surface area contributed by atoms with E-state index in [0.29, 0.717) is 24.2 Å². The number of benzene rings is 1. The number of ether oxygens (including phenoxy) is 1.